The number of nitrogens with zero attached hydrogens (tertiary/aromatic N) is 1. The van der Waals surface area contributed by atoms with E-state index in [1.165, 1.54) is 0 Å². The molecule has 0 aliphatic carbocycles. The molecule has 18 heavy (non-hydrogen) atoms. The summed E-state index contributed by atoms with van der Waals surface area (Å²) >= 11 is 3.47. The Bertz CT molecular complexity index is 477. The summed E-state index contributed by atoms with van der Waals surface area (Å²) in [6.07, 6.45) is 0. The van der Waals surface area contributed by atoms with E-state index >= 15 is 0 Å². The second kappa shape index (κ2) is 4.67. The van der Waals surface area contributed by atoms with Gasteiger partial charge in [0.05, 0.1) is 0 Å². The van der Waals surface area contributed by atoms with Crippen LogP contribution in [0.3, 0.4) is 0 Å². The summed E-state index contributed by atoms with van der Waals surface area (Å²) in [5.41, 5.74) is 1.92. The maximum Gasteiger partial charge on any atom is 0.253 e. The second-order valence-electron chi connectivity index (χ2n) is 5.35. The molecule has 96 valence electrons. The molecule has 2 fully saturated rings. The maximum atomic E-state index is 12.4. The van der Waals surface area contributed by atoms with Gasteiger partial charge >= 0.3 is 0 Å². The third-order valence-corrected chi connectivity index (χ3v) is 4.97. The highest BCUT2D eigenvalue weighted by Crippen LogP contribution is 2.28. The molecule has 0 aromatic heterocycles. The Morgan fingerprint density at radius 3 is 2.61 bits per heavy atom. The van der Waals surface area contributed by atoms with Crippen molar-refractivity contribution in [3.8, 4) is 0 Å². The molecule has 3 nitrogen and oxygen atoms in total. The summed E-state index contributed by atoms with van der Waals surface area (Å²) in [7, 11) is 0. The van der Waals surface area contributed by atoms with Gasteiger partial charge in [0, 0.05) is 36.2 Å². The highest BCUT2D eigenvalue weighted by Gasteiger charge is 2.38. The van der Waals surface area contributed by atoms with Crippen LogP contribution in [0.15, 0.2) is 22.7 Å². The number of fused-ring (bicyclic) bond motifs is 1. The smallest absolute Gasteiger partial charge is 0.253 e. The van der Waals surface area contributed by atoms with E-state index < -0.39 is 0 Å². The molecule has 2 saturated heterocycles. The quantitative estimate of drug-likeness (QED) is 0.861. The van der Waals surface area contributed by atoms with Crippen LogP contribution >= 0.6 is 15.9 Å². The molecular formula is C14H17BrN2O. The highest BCUT2D eigenvalue weighted by molar-refractivity contribution is 9.10. The second-order valence-corrected chi connectivity index (χ2v) is 6.21. The highest BCUT2D eigenvalue weighted by atomic mass is 79.9. The summed E-state index contributed by atoms with van der Waals surface area (Å²) in [5, 5.41) is 3.40. The first-order chi connectivity index (χ1) is 8.65. The molecule has 2 aliphatic rings. The van der Waals surface area contributed by atoms with Crippen LogP contribution in [0.25, 0.3) is 0 Å². The first-order valence-electron chi connectivity index (χ1n) is 6.41. The molecule has 4 heteroatoms. The number of halogens is 1. The van der Waals surface area contributed by atoms with E-state index in [0.29, 0.717) is 11.8 Å². The third-order valence-electron chi connectivity index (χ3n) is 4.08. The Morgan fingerprint density at radius 1 is 1.33 bits per heavy atom. The summed E-state index contributed by atoms with van der Waals surface area (Å²) < 4.78 is 1.06. The topological polar surface area (TPSA) is 32.3 Å². The molecule has 3 rings (SSSR count). The molecule has 1 aromatic rings. The van der Waals surface area contributed by atoms with Crippen molar-refractivity contribution in [3.63, 3.8) is 0 Å². The molecule has 1 aromatic carbocycles. The van der Waals surface area contributed by atoms with Gasteiger partial charge in [0.25, 0.3) is 5.91 Å². The number of amides is 1. The fourth-order valence-electron chi connectivity index (χ4n) is 2.98. The van der Waals surface area contributed by atoms with Crippen LogP contribution in [-0.4, -0.2) is 37.0 Å². The minimum atomic E-state index is 0.181. The SMILES string of the molecule is Cc1cc(C(=O)N2C[C@H]3CNC[C@H]3C2)ccc1Br. The molecule has 0 radical (unpaired) electrons. The van der Waals surface area contributed by atoms with Crippen molar-refractivity contribution in [1.29, 1.82) is 0 Å². The number of benzene rings is 1. The molecule has 0 unspecified atom stereocenters. The van der Waals surface area contributed by atoms with Gasteiger partial charge in [-0.2, -0.15) is 0 Å². The first-order valence-corrected chi connectivity index (χ1v) is 7.20. The zero-order valence-electron chi connectivity index (χ0n) is 10.4. The number of rotatable bonds is 1. The fraction of sp³-hybridized carbons (Fsp3) is 0.500. The van der Waals surface area contributed by atoms with E-state index in [0.717, 1.165) is 41.8 Å². The summed E-state index contributed by atoms with van der Waals surface area (Å²) in [5.74, 6) is 1.50. The largest absolute Gasteiger partial charge is 0.338 e. The van der Waals surface area contributed by atoms with Gasteiger partial charge in [0.15, 0.2) is 0 Å². The molecule has 0 spiro atoms. The number of carbonyl (C=O) groups excluding carboxylic acids is 1. The Hall–Kier alpha value is -0.870. The molecule has 1 N–H and O–H groups in total. The van der Waals surface area contributed by atoms with Crippen molar-refractivity contribution >= 4 is 21.8 Å². The van der Waals surface area contributed by atoms with E-state index in [9.17, 15) is 4.79 Å². The lowest BCUT2D eigenvalue weighted by Crippen LogP contribution is -2.31. The van der Waals surface area contributed by atoms with Crippen LogP contribution in [0, 0.1) is 18.8 Å². The van der Waals surface area contributed by atoms with Crippen LogP contribution in [0.2, 0.25) is 0 Å². The van der Waals surface area contributed by atoms with Gasteiger partial charge in [-0.3, -0.25) is 4.79 Å². The number of likely N-dealkylation sites (tertiary alicyclic amines) is 1. The molecular weight excluding hydrogens is 292 g/mol. The van der Waals surface area contributed by atoms with E-state index in [1.807, 2.05) is 30.0 Å². The predicted octanol–water partition coefficient (Wildman–Crippen LogP) is 2.05. The Labute approximate surface area is 116 Å². The lowest BCUT2D eigenvalue weighted by atomic mass is 10.0. The van der Waals surface area contributed by atoms with Crippen molar-refractivity contribution in [1.82, 2.24) is 10.2 Å². The Morgan fingerprint density at radius 2 is 2.00 bits per heavy atom. The van der Waals surface area contributed by atoms with Crippen molar-refractivity contribution in [2.45, 2.75) is 6.92 Å². The standard InChI is InChI=1S/C14H17BrN2O/c1-9-4-10(2-3-13(9)15)14(18)17-7-11-5-16-6-12(11)8-17/h2-4,11-12,16H,5-8H2,1H3/t11-,12+. The van der Waals surface area contributed by atoms with Crippen molar-refractivity contribution in [2.75, 3.05) is 26.2 Å². The summed E-state index contributed by atoms with van der Waals surface area (Å²) in [6, 6.07) is 5.84. The zero-order chi connectivity index (χ0) is 12.7. The molecule has 2 atom stereocenters. The average molecular weight is 309 g/mol. The van der Waals surface area contributed by atoms with Crippen LogP contribution in [-0.2, 0) is 0 Å². The van der Waals surface area contributed by atoms with Gasteiger partial charge in [-0.25, -0.2) is 0 Å². The maximum absolute atomic E-state index is 12.4. The minimum absolute atomic E-state index is 0.181. The van der Waals surface area contributed by atoms with E-state index in [2.05, 4.69) is 21.2 Å². The van der Waals surface area contributed by atoms with Crippen molar-refractivity contribution in [2.24, 2.45) is 11.8 Å². The number of carbonyl (C=O) groups is 1. The van der Waals surface area contributed by atoms with Gasteiger partial charge in [-0.1, -0.05) is 15.9 Å². The number of aryl methyl sites for hydroxylation is 1. The lowest BCUT2D eigenvalue weighted by molar-refractivity contribution is 0.0781. The Balaban J connectivity index is 1.77. The monoisotopic (exact) mass is 308 g/mol. The lowest BCUT2D eigenvalue weighted by Gasteiger charge is -2.18. The molecule has 0 bridgehead atoms. The molecule has 2 aliphatic heterocycles. The van der Waals surface area contributed by atoms with Gasteiger partial charge in [-0.15, -0.1) is 0 Å². The van der Waals surface area contributed by atoms with Crippen LogP contribution in [0.1, 0.15) is 15.9 Å². The number of hydrogen-bond donors (Lipinski definition) is 1. The number of nitrogens with one attached hydrogen (secondary N) is 1. The molecule has 0 saturated carbocycles. The average Bonchev–Trinajstić information content (AvgIpc) is 2.92. The van der Waals surface area contributed by atoms with Crippen molar-refractivity contribution in [3.05, 3.63) is 33.8 Å². The van der Waals surface area contributed by atoms with Crippen LogP contribution in [0.5, 0.6) is 0 Å². The van der Waals surface area contributed by atoms with E-state index in [-0.39, 0.29) is 5.91 Å². The van der Waals surface area contributed by atoms with Gasteiger partial charge in [-0.05, 0) is 42.5 Å². The van der Waals surface area contributed by atoms with Gasteiger partial charge in [0.1, 0.15) is 0 Å². The van der Waals surface area contributed by atoms with Gasteiger partial charge < -0.3 is 10.2 Å². The van der Waals surface area contributed by atoms with Crippen LogP contribution in [0.4, 0.5) is 0 Å². The Kier molecular flexibility index (Phi) is 3.16. The fourth-order valence-corrected chi connectivity index (χ4v) is 3.23. The zero-order valence-corrected chi connectivity index (χ0v) is 12.0. The predicted molar refractivity (Wildman–Crippen MR) is 74.6 cm³/mol. The van der Waals surface area contributed by atoms with E-state index in [4.69, 9.17) is 0 Å². The normalized spacial score (nSPS) is 26.4. The molecule has 2 heterocycles. The van der Waals surface area contributed by atoms with Crippen LogP contribution < -0.4 is 5.32 Å². The molecule has 1 amide bonds. The third kappa shape index (κ3) is 2.08. The first kappa shape index (κ1) is 12.2. The summed E-state index contributed by atoms with van der Waals surface area (Å²) in [4.78, 5) is 14.4. The van der Waals surface area contributed by atoms with Crippen molar-refractivity contribution < 1.29 is 4.79 Å². The summed E-state index contributed by atoms with van der Waals surface area (Å²) in [6.45, 7) is 5.96. The van der Waals surface area contributed by atoms with E-state index in [1.54, 1.807) is 0 Å². The number of hydrogen-bond acceptors (Lipinski definition) is 2. The van der Waals surface area contributed by atoms with Gasteiger partial charge in [0.2, 0.25) is 0 Å². The minimum Gasteiger partial charge on any atom is -0.338 e.